The van der Waals surface area contributed by atoms with E-state index in [0.29, 0.717) is 12.8 Å². The van der Waals surface area contributed by atoms with Crippen LogP contribution in [0.25, 0.3) is 0 Å². The molecule has 1 aliphatic carbocycles. The molecule has 1 heterocycles. The standard InChI is InChI=1S/C16H23NO3S/c1-2-6-13(14-9-5-10-21-14)17-15(18)11-7-3-4-8-12(11)16(19)20/h5,9-13H,2-4,6-8H2,1H3,(H,17,18)(H,19,20)/t11-,12+,13?/m1/s1. The van der Waals surface area contributed by atoms with E-state index in [2.05, 4.69) is 12.2 Å². The summed E-state index contributed by atoms with van der Waals surface area (Å²) in [5.41, 5.74) is 0. The highest BCUT2D eigenvalue weighted by Crippen LogP contribution is 2.32. The van der Waals surface area contributed by atoms with Crippen LogP contribution >= 0.6 is 11.3 Å². The second-order valence-corrected chi connectivity index (χ2v) is 6.68. The minimum absolute atomic E-state index is 0.0128. The van der Waals surface area contributed by atoms with Crippen molar-refractivity contribution in [3.63, 3.8) is 0 Å². The van der Waals surface area contributed by atoms with Crippen LogP contribution in [0.4, 0.5) is 0 Å². The summed E-state index contributed by atoms with van der Waals surface area (Å²) in [6, 6.07) is 4.02. The molecule has 21 heavy (non-hydrogen) atoms. The smallest absolute Gasteiger partial charge is 0.307 e. The maximum Gasteiger partial charge on any atom is 0.307 e. The first kappa shape index (κ1) is 16.0. The molecule has 3 atom stereocenters. The van der Waals surface area contributed by atoms with Gasteiger partial charge in [0.2, 0.25) is 5.91 Å². The molecule has 0 aliphatic heterocycles. The lowest BCUT2D eigenvalue weighted by Gasteiger charge is -2.29. The third-order valence-corrected chi connectivity index (χ3v) is 5.19. The molecule has 4 nitrogen and oxygen atoms in total. The van der Waals surface area contributed by atoms with Crippen LogP contribution < -0.4 is 5.32 Å². The SMILES string of the molecule is CCCC(NC(=O)[C@@H]1CCCC[C@@H]1C(=O)O)c1cccs1. The van der Waals surface area contributed by atoms with Gasteiger partial charge in [-0.25, -0.2) is 0 Å². The van der Waals surface area contributed by atoms with Crippen LogP contribution in [0.2, 0.25) is 0 Å². The zero-order chi connectivity index (χ0) is 15.2. The molecule has 2 rings (SSSR count). The molecule has 1 aromatic heterocycles. The lowest BCUT2D eigenvalue weighted by molar-refractivity contribution is -0.149. The van der Waals surface area contributed by atoms with Crippen molar-refractivity contribution in [2.24, 2.45) is 11.8 Å². The topological polar surface area (TPSA) is 66.4 Å². The molecular formula is C16H23NO3S. The molecule has 0 spiro atoms. The van der Waals surface area contributed by atoms with Gasteiger partial charge < -0.3 is 10.4 Å². The average Bonchev–Trinajstić information content (AvgIpc) is 3.00. The minimum Gasteiger partial charge on any atom is -0.481 e. The van der Waals surface area contributed by atoms with Crippen LogP contribution in [-0.2, 0) is 9.59 Å². The van der Waals surface area contributed by atoms with Crippen molar-refractivity contribution in [3.8, 4) is 0 Å². The highest BCUT2D eigenvalue weighted by Gasteiger charge is 2.36. The highest BCUT2D eigenvalue weighted by atomic mass is 32.1. The Morgan fingerprint density at radius 1 is 1.38 bits per heavy atom. The van der Waals surface area contributed by atoms with Crippen molar-refractivity contribution >= 4 is 23.2 Å². The monoisotopic (exact) mass is 309 g/mol. The molecular weight excluding hydrogens is 286 g/mol. The molecule has 1 saturated carbocycles. The first-order valence-corrected chi connectivity index (χ1v) is 8.58. The van der Waals surface area contributed by atoms with Crippen molar-refractivity contribution in [3.05, 3.63) is 22.4 Å². The van der Waals surface area contributed by atoms with Crippen LogP contribution in [-0.4, -0.2) is 17.0 Å². The van der Waals surface area contributed by atoms with E-state index >= 15 is 0 Å². The van der Waals surface area contributed by atoms with E-state index < -0.39 is 11.9 Å². The summed E-state index contributed by atoms with van der Waals surface area (Å²) in [5, 5.41) is 14.4. The predicted octanol–water partition coefficient (Wildman–Crippen LogP) is 3.60. The van der Waals surface area contributed by atoms with Crippen molar-refractivity contribution < 1.29 is 14.7 Å². The molecule has 1 amide bonds. The van der Waals surface area contributed by atoms with E-state index in [0.717, 1.165) is 30.6 Å². The van der Waals surface area contributed by atoms with E-state index in [1.807, 2.05) is 17.5 Å². The number of carboxylic acid groups (broad SMARTS) is 1. The number of hydrogen-bond acceptors (Lipinski definition) is 3. The summed E-state index contributed by atoms with van der Waals surface area (Å²) < 4.78 is 0. The van der Waals surface area contributed by atoms with Gasteiger partial charge >= 0.3 is 5.97 Å². The van der Waals surface area contributed by atoms with Gasteiger partial charge in [-0.15, -0.1) is 11.3 Å². The van der Waals surface area contributed by atoms with E-state index in [-0.39, 0.29) is 17.9 Å². The lowest BCUT2D eigenvalue weighted by Crippen LogP contribution is -2.41. The molecule has 116 valence electrons. The molecule has 0 aromatic carbocycles. The summed E-state index contributed by atoms with van der Waals surface area (Å²) in [7, 11) is 0. The van der Waals surface area contributed by atoms with Crippen molar-refractivity contribution in [1.82, 2.24) is 5.32 Å². The Kier molecular flexibility index (Phi) is 5.79. The van der Waals surface area contributed by atoms with E-state index in [4.69, 9.17) is 0 Å². The van der Waals surface area contributed by atoms with E-state index in [9.17, 15) is 14.7 Å². The number of aliphatic carboxylic acids is 1. The Hall–Kier alpha value is -1.36. The van der Waals surface area contributed by atoms with Gasteiger partial charge in [-0.2, -0.15) is 0 Å². The number of carboxylic acids is 1. The number of carbonyl (C=O) groups is 2. The number of nitrogens with one attached hydrogen (secondary N) is 1. The molecule has 0 saturated heterocycles. The quantitative estimate of drug-likeness (QED) is 0.844. The number of hydrogen-bond donors (Lipinski definition) is 2. The second-order valence-electron chi connectivity index (χ2n) is 5.70. The Bertz CT molecular complexity index is 472. The fourth-order valence-corrected chi connectivity index (χ4v) is 3.90. The number of thiophene rings is 1. The summed E-state index contributed by atoms with van der Waals surface area (Å²) in [5.74, 6) is -1.83. The van der Waals surface area contributed by atoms with Gasteiger partial charge in [0.05, 0.1) is 17.9 Å². The first-order valence-electron chi connectivity index (χ1n) is 7.70. The summed E-state index contributed by atoms with van der Waals surface area (Å²) in [4.78, 5) is 25.0. The Labute approximate surface area is 129 Å². The van der Waals surface area contributed by atoms with Crippen molar-refractivity contribution in [2.45, 2.75) is 51.5 Å². The average molecular weight is 309 g/mol. The fraction of sp³-hybridized carbons (Fsp3) is 0.625. The fourth-order valence-electron chi connectivity index (χ4n) is 3.08. The normalized spacial score (nSPS) is 23.5. The first-order chi connectivity index (χ1) is 10.1. The highest BCUT2D eigenvalue weighted by molar-refractivity contribution is 7.10. The summed E-state index contributed by atoms with van der Waals surface area (Å²) >= 11 is 1.64. The number of rotatable bonds is 6. The van der Waals surface area contributed by atoms with Gasteiger partial charge in [-0.05, 0) is 30.7 Å². The Balaban J connectivity index is 2.05. The predicted molar refractivity (Wildman–Crippen MR) is 83.2 cm³/mol. The minimum atomic E-state index is -0.835. The summed E-state index contributed by atoms with van der Waals surface area (Å²) in [6.07, 6.45) is 5.02. The maximum atomic E-state index is 12.5. The Morgan fingerprint density at radius 2 is 2.10 bits per heavy atom. The molecule has 1 aliphatic rings. The second kappa shape index (κ2) is 7.59. The molecule has 1 unspecified atom stereocenters. The van der Waals surface area contributed by atoms with Crippen LogP contribution in [0.3, 0.4) is 0 Å². The number of carbonyl (C=O) groups excluding carboxylic acids is 1. The maximum absolute atomic E-state index is 12.5. The molecule has 0 radical (unpaired) electrons. The third kappa shape index (κ3) is 4.06. The number of amides is 1. The van der Waals surface area contributed by atoms with Crippen molar-refractivity contribution in [1.29, 1.82) is 0 Å². The van der Waals surface area contributed by atoms with Gasteiger partial charge in [0.1, 0.15) is 0 Å². The zero-order valence-corrected chi connectivity index (χ0v) is 13.2. The van der Waals surface area contributed by atoms with Gasteiger partial charge in [-0.1, -0.05) is 32.3 Å². The van der Waals surface area contributed by atoms with E-state index in [1.54, 1.807) is 11.3 Å². The third-order valence-electron chi connectivity index (χ3n) is 4.20. The van der Waals surface area contributed by atoms with Crippen molar-refractivity contribution in [2.75, 3.05) is 0 Å². The van der Waals surface area contributed by atoms with Gasteiger partial charge in [0.15, 0.2) is 0 Å². The molecule has 0 bridgehead atoms. The van der Waals surface area contributed by atoms with Crippen LogP contribution in [0.1, 0.15) is 56.4 Å². The van der Waals surface area contributed by atoms with Crippen LogP contribution in [0, 0.1) is 11.8 Å². The van der Waals surface area contributed by atoms with Crippen LogP contribution in [0.5, 0.6) is 0 Å². The van der Waals surface area contributed by atoms with E-state index in [1.165, 1.54) is 0 Å². The van der Waals surface area contributed by atoms with Crippen LogP contribution in [0.15, 0.2) is 17.5 Å². The molecule has 5 heteroatoms. The largest absolute Gasteiger partial charge is 0.481 e. The van der Waals surface area contributed by atoms with Gasteiger partial charge in [0.25, 0.3) is 0 Å². The van der Waals surface area contributed by atoms with Gasteiger partial charge in [0, 0.05) is 4.88 Å². The zero-order valence-electron chi connectivity index (χ0n) is 12.4. The molecule has 2 N–H and O–H groups in total. The Morgan fingerprint density at radius 3 is 2.67 bits per heavy atom. The lowest BCUT2D eigenvalue weighted by atomic mass is 9.78. The molecule has 1 fully saturated rings. The van der Waals surface area contributed by atoms with Gasteiger partial charge in [-0.3, -0.25) is 9.59 Å². The molecule has 1 aromatic rings. The summed E-state index contributed by atoms with van der Waals surface area (Å²) in [6.45, 7) is 2.09.